The molecule has 2 aromatic rings. The van der Waals surface area contributed by atoms with Gasteiger partial charge in [-0.05, 0) is 17.7 Å². The highest BCUT2D eigenvalue weighted by Gasteiger charge is 2.07. The summed E-state index contributed by atoms with van der Waals surface area (Å²) in [6.45, 7) is 0.342. The average molecular weight is 274 g/mol. The maximum absolute atomic E-state index is 11.8. The molecule has 0 saturated heterocycles. The highest BCUT2D eigenvalue weighted by molar-refractivity contribution is 5.92. The van der Waals surface area contributed by atoms with E-state index in [0.29, 0.717) is 18.2 Å². The summed E-state index contributed by atoms with van der Waals surface area (Å²) >= 11 is 0. The number of anilines is 1. The Bertz CT molecular complexity index is 570. The second-order valence-electron chi connectivity index (χ2n) is 3.84. The molecule has 2 aromatic heterocycles. The highest BCUT2D eigenvalue weighted by Crippen LogP contribution is 2.06. The molecule has 1 amide bonds. The van der Waals surface area contributed by atoms with Gasteiger partial charge in [-0.25, -0.2) is 10.8 Å². The van der Waals surface area contributed by atoms with E-state index in [1.165, 1.54) is 6.07 Å². The number of nitrogens with zero attached hydrogens (tertiary/aromatic N) is 3. The Hall–Kier alpha value is -2.74. The van der Waals surface area contributed by atoms with Crippen molar-refractivity contribution in [1.29, 1.82) is 0 Å². The van der Waals surface area contributed by atoms with Crippen LogP contribution in [0.15, 0.2) is 30.5 Å². The van der Waals surface area contributed by atoms with Gasteiger partial charge in [-0.1, -0.05) is 6.07 Å². The molecule has 0 fully saturated rings. The van der Waals surface area contributed by atoms with E-state index in [1.807, 2.05) is 6.07 Å². The summed E-state index contributed by atoms with van der Waals surface area (Å²) in [6, 6.07) is 6.64. The van der Waals surface area contributed by atoms with E-state index in [0.717, 1.165) is 5.56 Å². The number of amides is 1. The molecule has 104 valence electrons. The quantitative estimate of drug-likeness (QED) is 0.523. The second-order valence-corrected chi connectivity index (χ2v) is 3.84. The van der Waals surface area contributed by atoms with Crippen LogP contribution in [0.3, 0.4) is 0 Å². The Morgan fingerprint density at radius 3 is 2.70 bits per heavy atom. The predicted molar refractivity (Wildman–Crippen MR) is 71.8 cm³/mol. The number of methoxy groups -OCH3 is 1. The smallest absolute Gasteiger partial charge is 0.272 e. The molecule has 0 aliphatic heterocycles. The summed E-state index contributed by atoms with van der Waals surface area (Å²) in [6.07, 6.45) is 1.63. The van der Waals surface area contributed by atoms with Crippen LogP contribution in [0.1, 0.15) is 16.1 Å². The van der Waals surface area contributed by atoms with Gasteiger partial charge < -0.3 is 15.5 Å². The van der Waals surface area contributed by atoms with Crippen molar-refractivity contribution >= 4 is 11.7 Å². The lowest BCUT2D eigenvalue weighted by atomic mass is 10.2. The molecule has 0 atom stereocenters. The van der Waals surface area contributed by atoms with Gasteiger partial charge in [0, 0.05) is 18.8 Å². The minimum absolute atomic E-state index is 0.213. The third-order valence-electron chi connectivity index (χ3n) is 2.50. The van der Waals surface area contributed by atoms with Crippen LogP contribution in [-0.2, 0) is 6.54 Å². The van der Waals surface area contributed by atoms with Gasteiger partial charge >= 0.3 is 0 Å². The van der Waals surface area contributed by atoms with Crippen LogP contribution in [0, 0.1) is 0 Å². The van der Waals surface area contributed by atoms with Gasteiger partial charge in [0.2, 0.25) is 5.88 Å². The number of hydrogen-bond donors (Lipinski definition) is 3. The maximum Gasteiger partial charge on any atom is 0.272 e. The number of nitrogens with one attached hydrogen (secondary N) is 2. The van der Waals surface area contributed by atoms with E-state index in [-0.39, 0.29) is 11.6 Å². The molecule has 2 rings (SSSR count). The molecular weight excluding hydrogens is 260 g/mol. The minimum atomic E-state index is -0.322. The molecule has 0 saturated carbocycles. The average Bonchev–Trinajstić information content (AvgIpc) is 2.53. The Labute approximate surface area is 115 Å². The van der Waals surface area contributed by atoms with E-state index >= 15 is 0 Å². The van der Waals surface area contributed by atoms with Crippen LogP contribution < -0.4 is 21.3 Å². The van der Waals surface area contributed by atoms with Crippen molar-refractivity contribution in [1.82, 2.24) is 20.5 Å². The molecule has 8 heteroatoms. The van der Waals surface area contributed by atoms with Crippen molar-refractivity contribution in [2.75, 3.05) is 12.5 Å². The van der Waals surface area contributed by atoms with Crippen molar-refractivity contribution in [3.05, 3.63) is 41.7 Å². The normalized spacial score (nSPS) is 9.90. The molecule has 4 N–H and O–H groups in total. The summed E-state index contributed by atoms with van der Waals surface area (Å²) in [5.74, 6) is 5.76. The van der Waals surface area contributed by atoms with Crippen molar-refractivity contribution in [2.24, 2.45) is 5.84 Å². The van der Waals surface area contributed by atoms with Crippen molar-refractivity contribution < 1.29 is 9.53 Å². The standard InChI is InChI=1S/C12H14N6O2/c1-20-11-5-2-8(6-14-11)7-15-12(19)9-3-4-10(16-13)18-17-9/h2-6H,7,13H2,1H3,(H,15,19)(H,16,18). The van der Waals surface area contributed by atoms with E-state index in [4.69, 9.17) is 10.6 Å². The van der Waals surface area contributed by atoms with Crippen LogP contribution in [0.4, 0.5) is 5.82 Å². The first-order valence-electron chi connectivity index (χ1n) is 5.80. The Morgan fingerprint density at radius 1 is 1.30 bits per heavy atom. The molecule has 8 nitrogen and oxygen atoms in total. The SMILES string of the molecule is COc1ccc(CNC(=O)c2ccc(NN)nn2)cn1. The van der Waals surface area contributed by atoms with E-state index in [2.05, 4.69) is 25.9 Å². The number of hydrazine groups is 1. The van der Waals surface area contributed by atoms with Gasteiger partial charge in [-0.15, -0.1) is 10.2 Å². The summed E-state index contributed by atoms with van der Waals surface area (Å²) < 4.78 is 4.95. The molecule has 0 unspecified atom stereocenters. The van der Waals surface area contributed by atoms with E-state index in [9.17, 15) is 4.79 Å². The fraction of sp³-hybridized carbons (Fsp3) is 0.167. The first-order valence-corrected chi connectivity index (χ1v) is 5.80. The number of hydrogen-bond acceptors (Lipinski definition) is 7. The lowest BCUT2D eigenvalue weighted by molar-refractivity contribution is 0.0945. The lowest BCUT2D eigenvalue weighted by Crippen LogP contribution is -2.24. The molecule has 0 bridgehead atoms. The number of carbonyl (C=O) groups is 1. The van der Waals surface area contributed by atoms with Gasteiger partial charge in [-0.3, -0.25) is 4.79 Å². The largest absolute Gasteiger partial charge is 0.481 e. The number of nitrogens with two attached hydrogens (primary N) is 1. The van der Waals surface area contributed by atoms with Gasteiger partial charge in [0.05, 0.1) is 7.11 Å². The van der Waals surface area contributed by atoms with Crippen molar-refractivity contribution in [2.45, 2.75) is 6.54 Å². The Balaban J connectivity index is 1.93. The first kappa shape index (κ1) is 13.7. The Morgan fingerprint density at radius 2 is 2.15 bits per heavy atom. The zero-order valence-electron chi connectivity index (χ0n) is 10.8. The number of nitrogen functional groups attached to an aromatic ring is 1. The van der Waals surface area contributed by atoms with Gasteiger partial charge in [-0.2, -0.15) is 0 Å². The fourth-order valence-electron chi connectivity index (χ4n) is 1.44. The molecule has 2 heterocycles. The van der Waals surface area contributed by atoms with Crippen LogP contribution in [0.2, 0.25) is 0 Å². The molecule has 0 aliphatic rings. The third-order valence-corrected chi connectivity index (χ3v) is 2.50. The number of ether oxygens (including phenoxy) is 1. The van der Waals surface area contributed by atoms with Crippen LogP contribution in [0.5, 0.6) is 5.88 Å². The van der Waals surface area contributed by atoms with Gasteiger partial charge in [0.15, 0.2) is 11.5 Å². The summed E-state index contributed by atoms with van der Waals surface area (Å²) in [4.78, 5) is 15.9. The van der Waals surface area contributed by atoms with Crippen LogP contribution in [0.25, 0.3) is 0 Å². The third kappa shape index (κ3) is 3.39. The number of pyridine rings is 1. The Kier molecular flexibility index (Phi) is 4.40. The second kappa shape index (κ2) is 6.43. The maximum atomic E-state index is 11.8. The number of aromatic nitrogens is 3. The fourth-order valence-corrected chi connectivity index (χ4v) is 1.44. The monoisotopic (exact) mass is 274 g/mol. The molecule has 0 spiro atoms. The molecule has 0 aliphatic carbocycles. The van der Waals surface area contributed by atoms with Crippen molar-refractivity contribution in [3.63, 3.8) is 0 Å². The zero-order chi connectivity index (χ0) is 14.4. The molecular formula is C12H14N6O2. The zero-order valence-corrected chi connectivity index (χ0v) is 10.8. The summed E-state index contributed by atoms with van der Waals surface area (Å²) in [7, 11) is 1.54. The minimum Gasteiger partial charge on any atom is -0.481 e. The lowest BCUT2D eigenvalue weighted by Gasteiger charge is -2.05. The van der Waals surface area contributed by atoms with E-state index in [1.54, 1.807) is 25.4 Å². The van der Waals surface area contributed by atoms with Gasteiger partial charge in [0.1, 0.15) is 0 Å². The predicted octanol–water partition coefficient (Wildman–Crippen LogP) is 0.0958. The van der Waals surface area contributed by atoms with Crippen LogP contribution in [-0.4, -0.2) is 28.2 Å². The molecule has 0 radical (unpaired) electrons. The topological polar surface area (TPSA) is 115 Å². The highest BCUT2D eigenvalue weighted by atomic mass is 16.5. The van der Waals surface area contributed by atoms with Gasteiger partial charge in [0.25, 0.3) is 5.91 Å². The number of rotatable bonds is 5. The molecule has 20 heavy (non-hydrogen) atoms. The molecule has 0 aromatic carbocycles. The summed E-state index contributed by atoms with van der Waals surface area (Å²) in [5, 5.41) is 10.2. The first-order chi connectivity index (χ1) is 9.72. The van der Waals surface area contributed by atoms with Crippen molar-refractivity contribution in [3.8, 4) is 5.88 Å². The number of carbonyl (C=O) groups excluding carboxylic acids is 1. The summed E-state index contributed by atoms with van der Waals surface area (Å²) in [5.41, 5.74) is 3.40. The van der Waals surface area contributed by atoms with Crippen LogP contribution >= 0.6 is 0 Å². The van der Waals surface area contributed by atoms with E-state index < -0.39 is 0 Å².